The number of nitriles is 1. The fourth-order valence-corrected chi connectivity index (χ4v) is 3.37. The molecule has 1 aliphatic carbocycles. The van der Waals surface area contributed by atoms with E-state index in [0.29, 0.717) is 22.5 Å². The number of nitrogens with two attached hydrogens (primary N) is 1. The summed E-state index contributed by atoms with van der Waals surface area (Å²) in [6, 6.07) is 8.39. The first-order valence-electron chi connectivity index (χ1n) is 9.75. The Morgan fingerprint density at radius 3 is 2.45 bits per heavy atom. The monoisotopic (exact) mass is 414 g/mol. The Morgan fingerprint density at radius 1 is 1.28 bits per heavy atom. The molecular weight excluding hydrogens is 388 g/mol. The van der Waals surface area contributed by atoms with Gasteiger partial charge in [0.2, 0.25) is 0 Å². The number of hydrogen-bond acceptors (Lipinski definition) is 6. The predicted octanol–water partition coefficient (Wildman–Crippen LogP) is 4.07. The summed E-state index contributed by atoms with van der Waals surface area (Å²) in [5, 5.41) is 16.7. The minimum absolute atomic E-state index is 0.0967. The summed E-state index contributed by atoms with van der Waals surface area (Å²) in [5.74, 6) is 0.213. The van der Waals surface area contributed by atoms with Crippen LogP contribution in [0, 0.1) is 11.3 Å². The fraction of sp³-hybridized carbons (Fsp3) is 0.476. The van der Waals surface area contributed by atoms with Gasteiger partial charge in [0.25, 0.3) is 5.91 Å². The van der Waals surface area contributed by atoms with E-state index in [1.165, 1.54) is 38.3 Å². The lowest BCUT2D eigenvalue weighted by molar-refractivity contribution is 0.0994. The molecule has 154 valence electrons. The van der Waals surface area contributed by atoms with Crippen LogP contribution in [0.2, 0.25) is 5.02 Å². The molecule has 0 bridgehead atoms. The zero-order chi connectivity index (χ0) is 21.4. The van der Waals surface area contributed by atoms with Crippen LogP contribution in [0.4, 0.5) is 5.69 Å². The topological polar surface area (TPSA) is 109 Å². The van der Waals surface area contributed by atoms with Crippen LogP contribution < -0.4 is 10.6 Å². The molecule has 1 aromatic heterocycles. The SMILES string of the molecule is CC(C)c1ncc(C(N)=O)nn1.CN(c1ccc(C#N)c(Cl)c1)C1CCCCC1. The molecule has 0 atom stereocenters. The minimum atomic E-state index is -0.606. The highest BCUT2D eigenvalue weighted by atomic mass is 35.5. The molecule has 0 aliphatic heterocycles. The van der Waals surface area contributed by atoms with Gasteiger partial charge in [0, 0.05) is 24.7 Å². The van der Waals surface area contributed by atoms with Gasteiger partial charge in [-0.15, -0.1) is 10.2 Å². The van der Waals surface area contributed by atoms with Crippen LogP contribution in [0.5, 0.6) is 0 Å². The summed E-state index contributed by atoms with van der Waals surface area (Å²) in [6.07, 6.45) is 7.85. The van der Waals surface area contributed by atoms with E-state index in [2.05, 4.69) is 33.2 Å². The van der Waals surface area contributed by atoms with Gasteiger partial charge in [-0.3, -0.25) is 4.79 Å². The van der Waals surface area contributed by atoms with Crippen LogP contribution in [0.25, 0.3) is 0 Å². The second-order valence-electron chi connectivity index (χ2n) is 7.40. The zero-order valence-electron chi connectivity index (χ0n) is 17.1. The van der Waals surface area contributed by atoms with Gasteiger partial charge < -0.3 is 10.6 Å². The number of carbonyl (C=O) groups is 1. The first-order chi connectivity index (χ1) is 13.8. The fourth-order valence-electron chi connectivity index (χ4n) is 3.15. The van der Waals surface area contributed by atoms with E-state index >= 15 is 0 Å². The molecule has 0 spiro atoms. The number of halogens is 1. The highest BCUT2D eigenvalue weighted by molar-refractivity contribution is 6.32. The summed E-state index contributed by atoms with van der Waals surface area (Å²) in [7, 11) is 2.12. The summed E-state index contributed by atoms with van der Waals surface area (Å²) >= 11 is 6.06. The standard InChI is InChI=1S/C14H17ClN2.C7H10N4O/c1-17(12-5-3-2-4-6-12)13-8-7-11(10-16)14(15)9-13;1-4(2)7-9-3-5(6(8)12)10-11-7/h7-9,12H,2-6H2,1H3;3-4H,1-2H3,(H2,8,12). The van der Waals surface area contributed by atoms with Crippen molar-refractivity contribution in [3.63, 3.8) is 0 Å². The van der Waals surface area contributed by atoms with Crippen LogP contribution in [-0.2, 0) is 0 Å². The summed E-state index contributed by atoms with van der Waals surface area (Å²) < 4.78 is 0. The number of anilines is 1. The number of nitrogens with zero attached hydrogens (tertiary/aromatic N) is 5. The molecule has 1 saturated carbocycles. The largest absolute Gasteiger partial charge is 0.372 e. The number of carbonyl (C=O) groups excluding carboxylic acids is 1. The van der Waals surface area contributed by atoms with Gasteiger partial charge in [-0.1, -0.05) is 44.7 Å². The molecule has 1 aliphatic rings. The van der Waals surface area contributed by atoms with Crippen LogP contribution in [0.1, 0.15) is 73.7 Å². The molecule has 1 heterocycles. The van der Waals surface area contributed by atoms with E-state index in [0.717, 1.165) is 5.69 Å². The van der Waals surface area contributed by atoms with Crippen LogP contribution in [0.3, 0.4) is 0 Å². The lowest BCUT2D eigenvalue weighted by Crippen LogP contribution is -2.33. The van der Waals surface area contributed by atoms with Crippen molar-refractivity contribution in [2.75, 3.05) is 11.9 Å². The molecule has 2 aromatic rings. The normalized spacial score (nSPS) is 13.9. The van der Waals surface area contributed by atoms with E-state index in [4.69, 9.17) is 22.6 Å². The van der Waals surface area contributed by atoms with Gasteiger partial charge in [0.15, 0.2) is 11.5 Å². The Balaban J connectivity index is 0.000000221. The molecule has 0 saturated heterocycles. The zero-order valence-corrected chi connectivity index (χ0v) is 17.9. The van der Waals surface area contributed by atoms with Crippen LogP contribution >= 0.6 is 11.6 Å². The van der Waals surface area contributed by atoms with Gasteiger partial charge in [-0.25, -0.2) is 4.98 Å². The molecular formula is C21H27ClN6O. The quantitative estimate of drug-likeness (QED) is 0.807. The maximum absolute atomic E-state index is 10.6. The highest BCUT2D eigenvalue weighted by Gasteiger charge is 2.18. The molecule has 3 rings (SSSR count). The highest BCUT2D eigenvalue weighted by Crippen LogP contribution is 2.28. The first kappa shape index (κ1) is 22.6. The van der Waals surface area contributed by atoms with Gasteiger partial charge in [-0.2, -0.15) is 5.26 Å². The van der Waals surface area contributed by atoms with Crippen molar-refractivity contribution in [2.24, 2.45) is 5.73 Å². The number of benzene rings is 1. The van der Waals surface area contributed by atoms with Crippen molar-refractivity contribution in [1.82, 2.24) is 15.2 Å². The number of hydrogen-bond donors (Lipinski definition) is 1. The van der Waals surface area contributed by atoms with Crippen LogP contribution in [-0.4, -0.2) is 34.2 Å². The number of amides is 1. The number of aromatic nitrogens is 3. The average Bonchev–Trinajstić information content (AvgIpc) is 2.74. The van der Waals surface area contributed by atoms with Gasteiger partial charge >= 0.3 is 0 Å². The van der Waals surface area contributed by atoms with Gasteiger partial charge in [-0.05, 0) is 31.0 Å². The Kier molecular flexibility index (Phi) is 8.34. The summed E-state index contributed by atoms with van der Waals surface area (Å²) in [4.78, 5) is 16.8. The Bertz CT molecular complexity index is 856. The molecule has 7 nitrogen and oxygen atoms in total. The second-order valence-corrected chi connectivity index (χ2v) is 7.81. The van der Waals surface area contributed by atoms with E-state index in [-0.39, 0.29) is 11.6 Å². The number of rotatable bonds is 4. The van der Waals surface area contributed by atoms with Gasteiger partial charge in [0.05, 0.1) is 16.8 Å². The third kappa shape index (κ3) is 6.40. The third-order valence-corrected chi connectivity index (χ3v) is 5.26. The minimum Gasteiger partial charge on any atom is -0.372 e. The van der Waals surface area contributed by atoms with Crippen LogP contribution in [0.15, 0.2) is 24.4 Å². The van der Waals surface area contributed by atoms with Crippen molar-refractivity contribution in [2.45, 2.75) is 57.9 Å². The lowest BCUT2D eigenvalue weighted by atomic mass is 9.94. The Morgan fingerprint density at radius 2 is 1.97 bits per heavy atom. The van der Waals surface area contributed by atoms with Crippen molar-refractivity contribution in [3.05, 3.63) is 46.5 Å². The molecule has 1 aromatic carbocycles. The molecule has 1 amide bonds. The van der Waals surface area contributed by atoms with Crippen molar-refractivity contribution in [1.29, 1.82) is 5.26 Å². The Hall–Kier alpha value is -2.72. The smallest absolute Gasteiger partial charge is 0.270 e. The van der Waals surface area contributed by atoms with Crippen molar-refractivity contribution >= 4 is 23.2 Å². The molecule has 8 heteroatoms. The van der Waals surface area contributed by atoms with Crippen molar-refractivity contribution in [3.8, 4) is 6.07 Å². The number of primary amides is 1. The van der Waals surface area contributed by atoms with E-state index in [1.54, 1.807) is 6.07 Å². The molecule has 29 heavy (non-hydrogen) atoms. The second kappa shape index (κ2) is 10.7. The average molecular weight is 415 g/mol. The third-order valence-electron chi connectivity index (χ3n) is 4.95. The Labute approximate surface area is 176 Å². The maximum Gasteiger partial charge on any atom is 0.270 e. The van der Waals surface area contributed by atoms with Crippen molar-refractivity contribution < 1.29 is 4.79 Å². The first-order valence-corrected chi connectivity index (χ1v) is 10.1. The molecule has 2 N–H and O–H groups in total. The predicted molar refractivity (Wildman–Crippen MR) is 114 cm³/mol. The molecule has 0 radical (unpaired) electrons. The lowest BCUT2D eigenvalue weighted by Gasteiger charge is -2.33. The van der Waals surface area contributed by atoms with E-state index < -0.39 is 5.91 Å². The van der Waals surface area contributed by atoms with E-state index in [1.807, 2.05) is 26.0 Å². The van der Waals surface area contributed by atoms with E-state index in [9.17, 15) is 4.79 Å². The van der Waals surface area contributed by atoms with Gasteiger partial charge in [0.1, 0.15) is 6.07 Å². The molecule has 0 unspecified atom stereocenters. The molecule has 1 fully saturated rings. The summed E-state index contributed by atoms with van der Waals surface area (Å²) in [6.45, 7) is 3.89. The maximum atomic E-state index is 10.6. The summed E-state index contributed by atoms with van der Waals surface area (Å²) in [5.41, 5.74) is 6.72.